The van der Waals surface area contributed by atoms with Crippen LogP contribution in [0.2, 0.25) is 0 Å². The van der Waals surface area contributed by atoms with Crippen molar-refractivity contribution in [1.82, 2.24) is 10.1 Å². The first-order chi connectivity index (χ1) is 9.13. The van der Waals surface area contributed by atoms with Crippen molar-refractivity contribution in [2.24, 2.45) is 0 Å². The van der Waals surface area contributed by atoms with E-state index in [0.29, 0.717) is 18.0 Å². The van der Waals surface area contributed by atoms with Crippen molar-refractivity contribution in [3.63, 3.8) is 0 Å². The second kappa shape index (κ2) is 5.71. The van der Waals surface area contributed by atoms with E-state index in [-0.39, 0.29) is 23.5 Å². The summed E-state index contributed by atoms with van der Waals surface area (Å²) < 4.78 is 10.6. The summed E-state index contributed by atoms with van der Waals surface area (Å²) in [6, 6.07) is 4.12. The van der Waals surface area contributed by atoms with Crippen molar-refractivity contribution in [2.75, 3.05) is 6.61 Å². The second-order valence-electron chi connectivity index (χ2n) is 4.05. The van der Waals surface area contributed by atoms with Gasteiger partial charge in [-0.1, -0.05) is 12.1 Å². The van der Waals surface area contributed by atoms with Crippen LogP contribution in [0.25, 0.3) is 11.5 Å². The summed E-state index contributed by atoms with van der Waals surface area (Å²) >= 11 is 0. The average molecular weight is 264 g/mol. The van der Waals surface area contributed by atoms with Gasteiger partial charge in [-0.15, -0.1) is 0 Å². The van der Waals surface area contributed by atoms with Gasteiger partial charge < -0.3 is 19.5 Å². The quantitative estimate of drug-likeness (QED) is 0.863. The number of hydrogen-bond donors (Lipinski definition) is 2. The molecule has 2 rings (SSSR count). The molecule has 6 heteroatoms. The zero-order valence-corrected chi connectivity index (χ0v) is 10.8. The number of aromatic hydroxyl groups is 2. The topological polar surface area (TPSA) is 88.6 Å². The van der Waals surface area contributed by atoms with E-state index in [0.717, 1.165) is 6.42 Å². The van der Waals surface area contributed by atoms with Crippen LogP contribution in [-0.4, -0.2) is 27.0 Å². The Kier molecular flexibility index (Phi) is 4.01. The van der Waals surface area contributed by atoms with Crippen LogP contribution in [0.5, 0.6) is 11.5 Å². The predicted molar refractivity (Wildman–Crippen MR) is 67.7 cm³/mol. The Morgan fingerprint density at radius 1 is 1.21 bits per heavy atom. The first-order valence-electron chi connectivity index (χ1n) is 6.12. The summed E-state index contributed by atoms with van der Waals surface area (Å²) in [7, 11) is 0. The Labute approximate surface area is 110 Å². The van der Waals surface area contributed by atoms with Crippen molar-refractivity contribution < 1.29 is 19.5 Å². The molecule has 1 heterocycles. The first kappa shape index (κ1) is 13.4. The largest absolute Gasteiger partial charge is 0.508 e. The molecule has 0 bridgehead atoms. The molecule has 0 aliphatic heterocycles. The first-order valence-corrected chi connectivity index (χ1v) is 6.12. The van der Waals surface area contributed by atoms with E-state index in [1.807, 2.05) is 13.8 Å². The van der Waals surface area contributed by atoms with Crippen molar-refractivity contribution in [2.45, 2.75) is 26.4 Å². The molecule has 0 saturated heterocycles. The van der Waals surface area contributed by atoms with Gasteiger partial charge in [0.25, 0.3) is 5.89 Å². The van der Waals surface area contributed by atoms with Gasteiger partial charge in [-0.3, -0.25) is 0 Å². The Bertz CT molecular complexity index is 533. The maximum Gasteiger partial charge on any atom is 0.258 e. The molecular formula is C13H16N2O4. The van der Waals surface area contributed by atoms with Gasteiger partial charge in [0.15, 0.2) is 0 Å². The lowest BCUT2D eigenvalue weighted by Gasteiger charge is -2.09. The molecule has 0 fully saturated rings. The van der Waals surface area contributed by atoms with Gasteiger partial charge in [0.1, 0.15) is 17.6 Å². The number of rotatable bonds is 5. The molecular weight excluding hydrogens is 248 g/mol. The van der Waals surface area contributed by atoms with Crippen molar-refractivity contribution in [1.29, 1.82) is 0 Å². The fourth-order valence-corrected chi connectivity index (χ4v) is 1.78. The number of ether oxygens (including phenoxy) is 1. The highest BCUT2D eigenvalue weighted by Crippen LogP contribution is 2.28. The van der Waals surface area contributed by atoms with Crippen LogP contribution < -0.4 is 0 Å². The zero-order chi connectivity index (χ0) is 13.8. The summed E-state index contributed by atoms with van der Waals surface area (Å²) in [5, 5.41) is 22.7. The van der Waals surface area contributed by atoms with E-state index in [9.17, 15) is 10.2 Å². The summed E-state index contributed by atoms with van der Waals surface area (Å²) in [5.41, 5.74) is 0.461. The third-order valence-corrected chi connectivity index (χ3v) is 2.62. The number of aromatic nitrogens is 2. The molecule has 0 amide bonds. The normalized spacial score (nSPS) is 12.5. The zero-order valence-electron chi connectivity index (χ0n) is 10.8. The SMILES string of the molecule is CCOC(CC)c1noc(-c2cc(O)cc(O)c2)n1. The molecule has 0 spiro atoms. The number of nitrogens with zero attached hydrogens (tertiary/aromatic N) is 2. The molecule has 19 heavy (non-hydrogen) atoms. The van der Waals surface area contributed by atoms with Crippen molar-refractivity contribution >= 4 is 0 Å². The summed E-state index contributed by atoms with van der Waals surface area (Å²) in [6.45, 7) is 4.43. The number of phenols is 2. The van der Waals surface area contributed by atoms with Crippen molar-refractivity contribution in [3.05, 3.63) is 24.0 Å². The lowest BCUT2D eigenvalue weighted by molar-refractivity contribution is 0.0518. The highest BCUT2D eigenvalue weighted by atomic mass is 16.5. The lowest BCUT2D eigenvalue weighted by atomic mass is 10.2. The molecule has 2 aromatic rings. The molecule has 0 aliphatic rings. The minimum Gasteiger partial charge on any atom is -0.508 e. The molecule has 0 saturated carbocycles. The Balaban J connectivity index is 2.29. The standard InChI is InChI=1S/C13H16N2O4/c1-3-11(18-4-2)12-14-13(19-15-12)8-5-9(16)7-10(17)6-8/h5-7,11,16-17H,3-4H2,1-2H3. The fourth-order valence-electron chi connectivity index (χ4n) is 1.78. The minimum atomic E-state index is -0.214. The van der Waals surface area contributed by atoms with Gasteiger partial charge in [0.05, 0.1) is 0 Å². The summed E-state index contributed by atoms with van der Waals surface area (Å²) in [4.78, 5) is 4.23. The van der Waals surface area contributed by atoms with Crippen LogP contribution in [0.15, 0.2) is 22.7 Å². The van der Waals surface area contributed by atoms with E-state index < -0.39 is 0 Å². The smallest absolute Gasteiger partial charge is 0.258 e. The van der Waals surface area contributed by atoms with Crippen LogP contribution in [0.4, 0.5) is 0 Å². The molecule has 1 atom stereocenters. The van der Waals surface area contributed by atoms with Crippen LogP contribution >= 0.6 is 0 Å². The Hall–Kier alpha value is -2.08. The molecule has 1 aromatic carbocycles. The van der Waals surface area contributed by atoms with Crippen molar-refractivity contribution in [3.8, 4) is 23.0 Å². The van der Waals surface area contributed by atoms with E-state index >= 15 is 0 Å². The Morgan fingerprint density at radius 2 is 1.89 bits per heavy atom. The van der Waals surface area contributed by atoms with Gasteiger partial charge >= 0.3 is 0 Å². The van der Waals surface area contributed by atoms with E-state index in [4.69, 9.17) is 9.26 Å². The second-order valence-corrected chi connectivity index (χ2v) is 4.05. The highest BCUT2D eigenvalue weighted by molar-refractivity contribution is 5.58. The monoisotopic (exact) mass is 264 g/mol. The van der Waals surface area contributed by atoms with Crippen LogP contribution in [0, 0.1) is 0 Å². The molecule has 0 radical (unpaired) electrons. The lowest BCUT2D eigenvalue weighted by Crippen LogP contribution is -2.04. The van der Waals surface area contributed by atoms with Gasteiger partial charge in [-0.25, -0.2) is 0 Å². The van der Waals surface area contributed by atoms with E-state index in [1.165, 1.54) is 18.2 Å². The van der Waals surface area contributed by atoms with E-state index in [1.54, 1.807) is 0 Å². The highest BCUT2D eigenvalue weighted by Gasteiger charge is 2.18. The molecule has 102 valence electrons. The van der Waals surface area contributed by atoms with Crippen LogP contribution in [-0.2, 0) is 4.74 Å². The predicted octanol–water partition coefficient (Wildman–Crippen LogP) is 2.64. The van der Waals surface area contributed by atoms with E-state index in [2.05, 4.69) is 10.1 Å². The summed E-state index contributed by atoms with van der Waals surface area (Å²) in [5.74, 6) is 0.569. The maximum absolute atomic E-state index is 9.43. The van der Waals surface area contributed by atoms with Crippen LogP contribution in [0.3, 0.4) is 0 Å². The van der Waals surface area contributed by atoms with Gasteiger partial charge in [0, 0.05) is 18.2 Å². The fraction of sp³-hybridized carbons (Fsp3) is 0.385. The number of phenolic OH excluding ortho intramolecular Hbond substituents is 2. The van der Waals surface area contributed by atoms with Crippen LogP contribution in [0.1, 0.15) is 32.2 Å². The molecule has 2 N–H and O–H groups in total. The van der Waals surface area contributed by atoms with Gasteiger partial charge in [0.2, 0.25) is 5.82 Å². The Morgan fingerprint density at radius 3 is 2.47 bits per heavy atom. The minimum absolute atomic E-state index is 0.0633. The molecule has 1 aromatic heterocycles. The third kappa shape index (κ3) is 3.03. The van der Waals surface area contributed by atoms with Gasteiger partial charge in [-0.2, -0.15) is 4.98 Å². The average Bonchev–Trinajstić information content (AvgIpc) is 2.84. The third-order valence-electron chi connectivity index (χ3n) is 2.62. The maximum atomic E-state index is 9.43. The number of hydrogen-bond acceptors (Lipinski definition) is 6. The molecule has 0 aliphatic carbocycles. The molecule has 1 unspecified atom stereocenters. The molecule has 6 nitrogen and oxygen atoms in total. The number of benzene rings is 1. The summed E-state index contributed by atoms with van der Waals surface area (Å²) in [6.07, 6.45) is 0.520. The van der Waals surface area contributed by atoms with Gasteiger partial charge in [-0.05, 0) is 25.5 Å².